The van der Waals surface area contributed by atoms with Crippen molar-refractivity contribution < 1.29 is 9.53 Å². The number of fused-ring (bicyclic) bond motifs is 1. The van der Waals surface area contributed by atoms with Gasteiger partial charge in [0, 0.05) is 33.7 Å². The molecule has 0 spiro atoms. The van der Waals surface area contributed by atoms with Crippen molar-refractivity contribution >= 4 is 39.0 Å². The Hall–Kier alpha value is -3.89. The second kappa shape index (κ2) is 9.94. The number of nitriles is 1. The fourth-order valence-electron chi connectivity index (χ4n) is 3.35. The highest BCUT2D eigenvalue weighted by Gasteiger charge is 2.09. The van der Waals surface area contributed by atoms with Crippen LogP contribution in [-0.2, 0) is 11.3 Å². The number of hydrogen-bond donors (Lipinski definition) is 1. The summed E-state index contributed by atoms with van der Waals surface area (Å²) in [5.74, 6) is -0.0695. The van der Waals surface area contributed by atoms with Crippen LogP contribution >= 0.6 is 15.9 Å². The van der Waals surface area contributed by atoms with E-state index >= 15 is 0 Å². The van der Waals surface area contributed by atoms with Gasteiger partial charge in [-0.2, -0.15) is 10.4 Å². The number of carbonyl (C=O) groups excluding carboxylic acids is 1. The zero-order chi connectivity index (χ0) is 22.3. The van der Waals surface area contributed by atoms with Gasteiger partial charge in [-0.15, -0.1) is 0 Å². The van der Waals surface area contributed by atoms with Crippen LogP contribution in [0.3, 0.4) is 0 Å². The third kappa shape index (κ3) is 5.05. The average Bonchev–Trinajstić information content (AvgIpc) is 3.16. The Balaban J connectivity index is 1.43. The van der Waals surface area contributed by atoms with Crippen molar-refractivity contribution in [1.29, 1.82) is 5.26 Å². The van der Waals surface area contributed by atoms with Gasteiger partial charge in [-0.3, -0.25) is 4.79 Å². The number of aromatic nitrogens is 1. The monoisotopic (exact) mass is 486 g/mol. The number of para-hydroxylation sites is 1. The van der Waals surface area contributed by atoms with E-state index in [4.69, 9.17) is 4.74 Å². The van der Waals surface area contributed by atoms with Crippen LogP contribution in [0.5, 0.6) is 5.75 Å². The fourth-order valence-corrected chi connectivity index (χ4v) is 3.71. The van der Waals surface area contributed by atoms with Crippen LogP contribution in [0.25, 0.3) is 10.9 Å². The lowest BCUT2D eigenvalue weighted by Gasteiger charge is -2.06. The third-order valence-electron chi connectivity index (χ3n) is 4.83. The van der Waals surface area contributed by atoms with Gasteiger partial charge in [0.05, 0.1) is 11.8 Å². The summed E-state index contributed by atoms with van der Waals surface area (Å²) in [6, 6.07) is 25.4. The molecular weight excluding hydrogens is 468 g/mol. The number of hydrazone groups is 1. The zero-order valence-corrected chi connectivity index (χ0v) is 18.6. The van der Waals surface area contributed by atoms with Gasteiger partial charge in [0.25, 0.3) is 5.91 Å². The second-order valence-corrected chi connectivity index (χ2v) is 7.96. The first-order chi connectivity index (χ1) is 15.6. The summed E-state index contributed by atoms with van der Waals surface area (Å²) in [6.45, 7) is 0.493. The van der Waals surface area contributed by atoms with Crippen LogP contribution in [0.1, 0.15) is 16.7 Å². The number of amides is 1. The smallest absolute Gasteiger partial charge is 0.277 e. The number of rotatable bonds is 7. The Morgan fingerprint density at radius 2 is 1.91 bits per heavy atom. The molecule has 0 bridgehead atoms. The Labute approximate surface area is 193 Å². The molecule has 0 saturated carbocycles. The van der Waals surface area contributed by atoms with Gasteiger partial charge in [0.1, 0.15) is 11.8 Å². The van der Waals surface area contributed by atoms with Crippen LogP contribution < -0.4 is 10.2 Å². The quantitative estimate of drug-likeness (QED) is 0.299. The number of hydrogen-bond acceptors (Lipinski definition) is 4. The fraction of sp³-hybridized carbons (Fsp3) is 0.0800. The van der Waals surface area contributed by atoms with E-state index in [-0.39, 0.29) is 6.61 Å². The normalized spacial score (nSPS) is 10.9. The number of benzene rings is 3. The van der Waals surface area contributed by atoms with E-state index in [1.807, 2.05) is 48.7 Å². The van der Waals surface area contributed by atoms with Crippen molar-refractivity contribution in [2.45, 2.75) is 6.54 Å². The predicted molar refractivity (Wildman–Crippen MR) is 128 cm³/mol. The number of nitrogens with zero attached hydrogens (tertiary/aromatic N) is 3. The minimum atomic E-state index is -0.416. The summed E-state index contributed by atoms with van der Waals surface area (Å²) in [6.07, 6.45) is 3.65. The minimum Gasteiger partial charge on any atom is -0.482 e. The molecule has 158 valence electrons. The van der Waals surface area contributed by atoms with E-state index < -0.39 is 5.91 Å². The summed E-state index contributed by atoms with van der Waals surface area (Å²) in [4.78, 5) is 12.1. The standard InChI is InChI=1S/C25H19BrN4O2/c26-21-10-11-24(19(12-21)13-27)32-17-25(31)29-28-14-20-16-30(15-18-6-2-1-3-7-18)23-9-5-4-8-22(20)23/h1-12,14,16H,15,17H2,(H,29,31). The van der Waals surface area contributed by atoms with Gasteiger partial charge in [0.15, 0.2) is 6.61 Å². The molecule has 1 aromatic heterocycles. The SMILES string of the molecule is N#Cc1cc(Br)ccc1OCC(=O)NN=Cc1cn(Cc2ccccc2)c2ccccc12. The number of nitrogens with one attached hydrogen (secondary N) is 1. The highest BCUT2D eigenvalue weighted by molar-refractivity contribution is 9.10. The van der Waals surface area contributed by atoms with Crippen molar-refractivity contribution in [2.24, 2.45) is 5.10 Å². The molecule has 7 heteroatoms. The van der Waals surface area contributed by atoms with Gasteiger partial charge < -0.3 is 9.30 Å². The van der Waals surface area contributed by atoms with Crippen molar-refractivity contribution in [2.75, 3.05) is 6.61 Å². The van der Waals surface area contributed by atoms with Gasteiger partial charge in [-0.1, -0.05) is 64.5 Å². The van der Waals surface area contributed by atoms with E-state index in [9.17, 15) is 10.1 Å². The predicted octanol–water partition coefficient (Wildman–Crippen LogP) is 4.85. The van der Waals surface area contributed by atoms with Gasteiger partial charge in [0.2, 0.25) is 0 Å². The molecule has 1 amide bonds. The van der Waals surface area contributed by atoms with Crippen molar-refractivity contribution in [3.05, 3.63) is 100 Å². The molecule has 32 heavy (non-hydrogen) atoms. The lowest BCUT2D eigenvalue weighted by atomic mass is 10.2. The Bertz CT molecular complexity index is 1320. The van der Waals surface area contributed by atoms with Crippen LogP contribution in [0, 0.1) is 11.3 Å². The highest BCUT2D eigenvalue weighted by Crippen LogP contribution is 2.23. The zero-order valence-electron chi connectivity index (χ0n) is 17.0. The third-order valence-corrected chi connectivity index (χ3v) is 5.32. The average molecular weight is 487 g/mol. The van der Waals surface area contributed by atoms with E-state index in [0.717, 1.165) is 27.5 Å². The minimum absolute atomic E-state index is 0.247. The molecule has 1 N–H and O–H groups in total. The summed E-state index contributed by atoms with van der Waals surface area (Å²) in [5.41, 5.74) is 6.02. The molecular formula is C25H19BrN4O2. The number of carbonyl (C=O) groups is 1. The highest BCUT2D eigenvalue weighted by atomic mass is 79.9. The number of halogens is 1. The largest absolute Gasteiger partial charge is 0.482 e. The maximum atomic E-state index is 12.1. The van der Waals surface area contributed by atoms with E-state index in [0.29, 0.717) is 11.3 Å². The first-order valence-electron chi connectivity index (χ1n) is 9.90. The lowest BCUT2D eigenvalue weighted by Crippen LogP contribution is -2.24. The molecule has 0 fully saturated rings. The van der Waals surface area contributed by atoms with Crippen molar-refractivity contribution in [3.63, 3.8) is 0 Å². The Morgan fingerprint density at radius 1 is 1.12 bits per heavy atom. The molecule has 0 atom stereocenters. The molecule has 0 aliphatic heterocycles. The molecule has 4 rings (SSSR count). The number of ether oxygens (including phenoxy) is 1. The van der Waals surface area contributed by atoms with Gasteiger partial charge >= 0.3 is 0 Å². The molecule has 0 aliphatic carbocycles. The Morgan fingerprint density at radius 3 is 2.72 bits per heavy atom. The molecule has 3 aromatic carbocycles. The topological polar surface area (TPSA) is 79.4 Å². The molecule has 0 radical (unpaired) electrons. The second-order valence-electron chi connectivity index (χ2n) is 7.05. The van der Waals surface area contributed by atoms with Crippen LogP contribution in [0.4, 0.5) is 0 Å². The summed E-state index contributed by atoms with van der Waals surface area (Å²) in [7, 11) is 0. The van der Waals surface area contributed by atoms with Crippen LogP contribution in [0.15, 0.2) is 88.6 Å². The summed E-state index contributed by atoms with van der Waals surface area (Å²) >= 11 is 3.30. The first kappa shape index (κ1) is 21.3. The van der Waals surface area contributed by atoms with Crippen LogP contribution in [0.2, 0.25) is 0 Å². The Kier molecular flexibility index (Phi) is 6.63. The summed E-state index contributed by atoms with van der Waals surface area (Å²) < 4.78 is 8.38. The molecule has 4 aromatic rings. The van der Waals surface area contributed by atoms with Crippen molar-refractivity contribution in [3.8, 4) is 11.8 Å². The van der Waals surface area contributed by atoms with E-state index in [2.05, 4.69) is 49.2 Å². The van der Waals surface area contributed by atoms with Crippen LogP contribution in [-0.4, -0.2) is 23.3 Å². The maximum absolute atomic E-state index is 12.1. The van der Waals surface area contributed by atoms with Gasteiger partial charge in [-0.05, 0) is 29.8 Å². The molecule has 0 unspecified atom stereocenters. The molecule has 0 saturated heterocycles. The first-order valence-corrected chi connectivity index (χ1v) is 10.7. The molecule has 0 aliphatic rings. The maximum Gasteiger partial charge on any atom is 0.277 e. The van der Waals surface area contributed by atoms with Gasteiger partial charge in [-0.25, -0.2) is 5.43 Å². The van der Waals surface area contributed by atoms with Crippen molar-refractivity contribution in [1.82, 2.24) is 9.99 Å². The summed E-state index contributed by atoms with van der Waals surface area (Å²) in [5, 5.41) is 14.3. The molecule has 6 nitrogen and oxygen atoms in total. The van der Waals surface area contributed by atoms with E-state index in [1.165, 1.54) is 5.56 Å². The lowest BCUT2D eigenvalue weighted by molar-refractivity contribution is -0.123. The molecule has 1 heterocycles. The van der Waals surface area contributed by atoms with E-state index in [1.54, 1.807) is 24.4 Å².